The molecule has 0 aliphatic carbocycles. The highest BCUT2D eigenvalue weighted by atomic mass is 16.3. The van der Waals surface area contributed by atoms with Crippen molar-refractivity contribution >= 4 is 28.9 Å². The maximum absolute atomic E-state index is 12.7. The van der Waals surface area contributed by atoms with E-state index in [2.05, 4.69) is 4.98 Å². The lowest BCUT2D eigenvalue weighted by Gasteiger charge is -2.27. The van der Waals surface area contributed by atoms with Crippen molar-refractivity contribution in [1.82, 2.24) is 14.9 Å². The van der Waals surface area contributed by atoms with Gasteiger partial charge in [-0.3, -0.25) is 24.3 Å². The van der Waals surface area contributed by atoms with Crippen molar-refractivity contribution in [2.75, 3.05) is 5.73 Å². The van der Waals surface area contributed by atoms with Gasteiger partial charge in [0.25, 0.3) is 5.56 Å². The number of amides is 2. The summed E-state index contributed by atoms with van der Waals surface area (Å²) in [5, 5.41) is 12.8. The number of rotatable bonds is 5. The molecule has 1 atom stereocenters. The van der Waals surface area contributed by atoms with Crippen LogP contribution >= 0.6 is 0 Å². The molecule has 23 heavy (non-hydrogen) atoms. The van der Waals surface area contributed by atoms with Gasteiger partial charge in [-0.1, -0.05) is 6.07 Å². The first-order valence-electron chi connectivity index (χ1n) is 7.01. The lowest BCUT2D eigenvalue weighted by molar-refractivity contribution is -0.127. The average molecular weight is 318 g/mol. The quantitative estimate of drug-likeness (QED) is 0.526. The normalized spacial score (nSPS) is 13.5. The van der Waals surface area contributed by atoms with Crippen molar-refractivity contribution < 1.29 is 14.7 Å². The molecule has 0 saturated heterocycles. The average Bonchev–Trinajstić information content (AvgIpc) is 2.45. The summed E-state index contributed by atoms with van der Waals surface area (Å²) in [4.78, 5) is 38.6. The Morgan fingerprint density at radius 1 is 1.52 bits per heavy atom. The van der Waals surface area contributed by atoms with Crippen LogP contribution < -0.4 is 16.6 Å². The van der Waals surface area contributed by atoms with Crippen LogP contribution in [0.3, 0.4) is 0 Å². The zero-order valence-electron chi connectivity index (χ0n) is 12.9. The minimum Gasteiger partial charge on any atom is -0.398 e. The summed E-state index contributed by atoms with van der Waals surface area (Å²) in [6.45, 7) is 2.99. The van der Waals surface area contributed by atoms with Crippen LogP contribution in [0, 0.1) is 6.92 Å². The van der Waals surface area contributed by atoms with Gasteiger partial charge in [-0.15, -0.1) is 0 Å². The molecule has 2 amide bonds. The molecule has 1 aromatic heterocycles. The second-order valence-electron chi connectivity index (χ2n) is 5.44. The Balaban J connectivity index is 2.49. The summed E-state index contributed by atoms with van der Waals surface area (Å²) < 4.78 is 1.11. The number of nitrogens with two attached hydrogens (primary N) is 1. The van der Waals surface area contributed by atoms with E-state index in [9.17, 15) is 19.5 Å². The van der Waals surface area contributed by atoms with E-state index in [1.54, 1.807) is 25.1 Å². The highest BCUT2D eigenvalue weighted by molar-refractivity contribution is 5.89. The first kappa shape index (κ1) is 16.6. The zero-order chi connectivity index (χ0) is 17.2. The van der Waals surface area contributed by atoms with Gasteiger partial charge in [0, 0.05) is 18.5 Å². The maximum atomic E-state index is 12.7. The molecular formula is C15H18N4O4. The molecule has 8 heteroatoms. The van der Waals surface area contributed by atoms with Crippen molar-refractivity contribution in [3.05, 3.63) is 34.4 Å². The largest absolute Gasteiger partial charge is 0.398 e. The van der Waals surface area contributed by atoms with Crippen LogP contribution in [-0.4, -0.2) is 27.0 Å². The Hall–Kier alpha value is -2.74. The van der Waals surface area contributed by atoms with Gasteiger partial charge in [0.15, 0.2) is 0 Å². The van der Waals surface area contributed by atoms with E-state index in [-0.39, 0.29) is 30.3 Å². The second kappa shape index (κ2) is 6.17. The molecule has 1 heterocycles. The maximum Gasteiger partial charge on any atom is 0.265 e. The summed E-state index contributed by atoms with van der Waals surface area (Å²) >= 11 is 0. The van der Waals surface area contributed by atoms with Gasteiger partial charge < -0.3 is 10.8 Å². The molecular weight excluding hydrogens is 300 g/mol. The number of aliphatic hydroxyl groups is 1. The molecule has 0 fully saturated rings. The third-order valence-electron chi connectivity index (χ3n) is 3.62. The van der Waals surface area contributed by atoms with Crippen molar-refractivity contribution in [3.8, 4) is 0 Å². The summed E-state index contributed by atoms with van der Waals surface area (Å²) in [5.74, 6) is -0.242. The number of hydrogen-bond donors (Lipinski definition) is 3. The number of nitrogens with one attached hydrogen (secondary N) is 1. The second-order valence-corrected chi connectivity index (χ2v) is 5.44. The summed E-state index contributed by atoms with van der Waals surface area (Å²) in [6.07, 6.45) is 0.0834. The van der Waals surface area contributed by atoms with Crippen LogP contribution in [0.1, 0.15) is 25.6 Å². The monoisotopic (exact) mass is 318 g/mol. The lowest BCUT2D eigenvalue weighted by Crippen LogP contribution is -2.41. The van der Waals surface area contributed by atoms with Gasteiger partial charge in [-0.05, 0) is 26.0 Å². The Bertz CT molecular complexity index is 826. The zero-order valence-corrected chi connectivity index (χ0v) is 12.9. The van der Waals surface area contributed by atoms with Crippen molar-refractivity contribution in [2.24, 2.45) is 0 Å². The molecule has 0 radical (unpaired) electrons. The summed E-state index contributed by atoms with van der Waals surface area (Å²) in [7, 11) is 0. The fourth-order valence-electron chi connectivity index (χ4n) is 2.53. The van der Waals surface area contributed by atoms with Crippen LogP contribution in [0.4, 0.5) is 5.69 Å². The predicted octanol–water partition coefficient (Wildman–Crippen LogP) is 0.00492. The van der Waals surface area contributed by atoms with E-state index in [1.807, 2.05) is 5.32 Å². The number of carbonyl (C=O) groups excluding carboxylic acids is 2. The molecule has 0 spiro atoms. The van der Waals surface area contributed by atoms with Gasteiger partial charge in [0.2, 0.25) is 12.3 Å². The minimum absolute atomic E-state index is 0.0622. The predicted molar refractivity (Wildman–Crippen MR) is 84.5 cm³/mol. The van der Waals surface area contributed by atoms with E-state index in [1.165, 1.54) is 6.92 Å². The molecule has 0 saturated carbocycles. The molecule has 4 N–H and O–H groups in total. The number of fused-ring (bicyclic) bond motifs is 1. The first-order valence-corrected chi connectivity index (χ1v) is 7.01. The van der Waals surface area contributed by atoms with Crippen LogP contribution in [0.15, 0.2) is 23.0 Å². The molecule has 0 aliphatic rings. The Morgan fingerprint density at radius 2 is 2.22 bits per heavy atom. The molecule has 0 aliphatic heterocycles. The standard InChI is InChI=1S/C15H18N4O4/c1-9-18-11-5-3-4-10(16)13(11)14(22)19(9)15(2,23)7-6-12(21)17-8-20/h3-5,8,23H,6-7,16H2,1-2H3,(H,17,20,21). The van der Waals surface area contributed by atoms with Gasteiger partial charge in [-0.2, -0.15) is 0 Å². The van der Waals surface area contributed by atoms with Crippen LogP contribution in [0.5, 0.6) is 0 Å². The number of carbonyl (C=O) groups is 2. The van der Waals surface area contributed by atoms with Crippen LogP contribution in [0.2, 0.25) is 0 Å². The van der Waals surface area contributed by atoms with E-state index in [4.69, 9.17) is 5.73 Å². The van der Waals surface area contributed by atoms with Crippen molar-refractivity contribution in [3.63, 3.8) is 0 Å². The molecule has 1 aromatic carbocycles. The SMILES string of the molecule is Cc1nc2cccc(N)c2c(=O)n1C(C)(O)CCC(=O)NC=O. The van der Waals surface area contributed by atoms with Gasteiger partial charge in [0.1, 0.15) is 11.5 Å². The van der Waals surface area contributed by atoms with E-state index < -0.39 is 17.2 Å². The number of benzene rings is 1. The molecule has 122 valence electrons. The number of nitrogens with zero attached hydrogens (tertiary/aromatic N) is 2. The number of aromatic nitrogens is 2. The Morgan fingerprint density at radius 3 is 2.87 bits per heavy atom. The molecule has 1 unspecified atom stereocenters. The number of anilines is 1. The molecule has 2 rings (SSSR count). The van der Waals surface area contributed by atoms with Crippen molar-refractivity contribution in [2.45, 2.75) is 32.4 Å². The fourth-order valence-corrected chi connectivity index (χ4v) is 2.53. The highest BCUT2D eigenvalue weighted by Gasteiger charge is 2.28. The van der Waals surface area contributed by atoms with Crippen LogP contribution in [0.25, 0.3) is 10.9 Å². The molecule has 8 nitrogen and oxygen atoms in total. The number of hydrogen-bond acceptors (Lipinski definition) is 6. The highest BCUT2D eigenvalue weighted by Crippen LogP contribution is 2.22. The summed E-state index contributed by atoms with van der Waals surface area (Å²) in [6, 6.07) is 4.93. The topological polar surface area (TPSA) is 127 Å². The minimum atomic E-state index is -1.65. The molecule has 0 bridgehead atoms. The van der Waals surface area contributed by atoms with Crippen molar-refractivity contribution in [1.29, 1.82) is 0 Å². The van der Waals surface area contributed by atoms with E-state index >= 15 is 0 Å². The van der Waals surface area contributed by atoms with E-state index in [0.29, 0.717) is 11.3 Å². The third kappa shape index (κ3) is 3.21. The van der Waals surface area contributed by atoms with Gasteiger partial charge >= 0.3 is 0 Å². The lowest BCUT2D eigenvalue weighted by atomic mass is 10.1. The smallest absolute Gasteiger partial charge is 0.265 e. The first-order chi connectivity index (χ1) is 10.8. The Labute approximate surface area is 131 Å². The third-order valence-corrected chi connectivity index (χ3v) is 3.62. The number of imide groups is 1. The summed E-state index contributed by atoms with van der Waals surface area (Å²) in [5.41, 5.74) is 4.42. The fraction of sp³-hybridized carbons (Fsp3) is 0.333. The van der Waals surface area contributed by atoms with E-state index in [0.717, 1.165) is 4.57 Å². The van der Waals surface area contributed by atoms with Gasteiger partial charge in [0.05, 0.1) is 10.9 Å². The number of nitrogen functional groups attached to an aromatic ring is 1. The molecule has 2 aromatic rings. The number of aryl methyl sites for hydroxylation is 1. The van der Waals surface area contributed by atoms with Gasteiger partial charge in [-0.25, -0.2) is 4.98 Å². The van der Waals surface area contributed by atoms with Crippen LogP contribution in [-0.2, 0) is 15.3 Å². The Kier molecular flexibility index (Phi) is 4.46.